The highest BCUT2D eigenvalue weighted by molar-refractivity contribution is 5.52. The molecular weight excluding hydrogens is 202 g/mol. The molecule has 1 saturated carbocycles. The van der Waals surface area contributed by atoms with Crippen molar-refractivity contribution in [2.45, 2.75) is 31.8 Å². The maximum atomic E-state index is 9.95. The van der Waals surface area contributed by atoms with Gasteiger partial charge in [0.05, 0.1) is 5.60 Å². The number of nitrogens with zero attached hydrogens (tertiary/aromatic N) is 1. The van der Waals surface area contributed by atoms with Crippen LogP contribution in [-0.4, -0.2) is 28.8 Å². The Morgan fingerprint density at radius 1 is 1.44 bits per heavy atom. The molecule has 0 spiro atoms. The standard InChI is InChI=1S/C12H19N3O/c1-2-13-11-8-10(4-7-14-11)15-9-12(16)5-3-6-12/h4,7-8,16H,2-3,5-6,9H2,1H3,(H2,13,14,15). The van der Waals surface area contributed by atoms with Gasteiger partial charge in [-0.25, -0.2) is 4.98 Å². The van der Waals surface area contributed by atoms with Crippen molar-refractivity contribution in [1.29, 1.82) is 0 Å². The van der Waals surface area contributed by atoms with Crippen LogP contribution in [0.4, 0.5) is 11.5 Å². The van der Waals surface area contributed by atoms with Gasteiger partial charge in [-0.15, -0.1) is 0 Å². The van der Waals surface area contributed by atoms with Crippen LogP contribution in [0.3, 0.4) is 0 Å². The number of hydrogen-bond acceptors (Lipinski definition) is 4. The van der Waals surface area contributed by atoms with E-state index in [1.807, 2.05) is 19.1 Å². The van der Waals surface area contributed by atoms with Gasteiger partial charge in [0.15, 0.2) is 0 Å². The van der Waals surface area contributed by atoms with Gasteiger partial charge in [-0.2, -0.15) is 0 Å². The normalized spacial score (nSPS) is 17.6. The molecule has 0 atom stereocenters. The fraction of sp³-hybridized carbons (Fsp3) is 0.583. The minimum absolute atomic E-state index is 0.485. The van der Waals surface area contributed by atoms with E-state index in [9.17, 15) is 5.11 Å². The van der Waals surface area contributed by atoms with Crippen molar-refractivity contribution >= 4 is 11.5 Å². The van der Waals surface area contributed by atoms with Crippen LogP contribution in [0.1, 0.15) is 26.2 Å². The van der Waals surface area contributed by atoms with Crippen LogP contribution in [0.2, 0.25) is 0 Å². The minimum Gasteiger partial charge on any atom is -0.388 e. The molecule has 2 rings (SSSR count). The monoisotopic (exact) mass is 221 g/mol. The molecule has 1 heterocycles. The Balaban J connectivity index is 1.90. The van der Waals surface area contributed by atoms with E-state index < -0.39 is 5.60 Å². The third-order valence-corrected chi connectivity index (χ3v) is 3.02. The van der Waals surface area contributed by atoms with Gasteiger partial charge in [-0.05, 0) is 32.3 Å². The average molecular weight is 221 g/mol. The fourth-order valence-corrected chi connectivity index (χ4v) is 1.85. The lowest BCUT2D eigenvalue weighted by Crippen LogP contribution is -2.43. The highest BCUT2D eigenvalue weighted by Gasteiger charge is 2.33. The molecule has 1 fully saturated rings. The number of aromatic nitrogens is 1. The first-order valence-electron chi connectivity index (χ1n) is 5.88. The van der Waals surface area contributed by atoms with E-state index in [0.29, 0.717) is 6.54 Å². The van der Waals surface area contributed by atoms with Crippen LogP contribution in [0.5, 0.6) is 0 Å². The molecule has 0 radical (unpaired) electrons. The van der Waals surface area contributed by atoms with E-state index in [0.717, 1.165) is 37.3 Å². The number of pyridine rings is 1. The summed E-state index contributed by atoms with van der Waals surface area (Å²) < 4.78 is 0. The largest absolute Gasteiger partial charge is 0.388 e. The summed E-state index contributed by atoms with van der Waals surface area (Å²) in [5.41, 5.74) is 0.521. The molecule has 1 aliphatic rings. The van der Waals surface area contributed by atoms with Crippen molar-refractivity contribution in [2.24, 2.45) is 0 Å². The number of aliphatic hydroxyl groups is 1. The van der Waals surface area contributed by atoms with Gasteiger partial charge in [-0.3, -0.25) is 0 Å². The highest BCUT2D eigenvalue weighted by Crippen LogP contribution is 2.31. The quantitative estimate of drug-likeness (QED) is 0.710. The van der Waals surface area contributed by atoms with Crippen LogP contribution in [-0.2, 0) is 0 Å². The van der Waals surface area contributed by atoms with Gasteiger partial charge in [0.1, 0.15) is 5.82 Å². The zero-order chi connectivity index (χ0) is 11.4. The second-order valence-corrected chi connectivity index (χ2v) is 4.39. The van der Waals surface area contributed by atoms with E-state index in [1.165, 1.54) is 0 Å². The van der Waals surface area contributed by atoms with E-state index in [1.54, 1.807) is 6.20 Å². The highest BCUT2D eigenvalue weighted by atomic mass is 16.3. The lowest BCUT2D eigenvalue weighted by molar-refractivity contribution is -0.0201. The first kappa shape index (κ1) is 11.2. The molecule has 16 heavy (non-hydrogen) atoms. The third kappa shape index (κ3) is 2.64. The molecule has 3 N–H and O–H groups in total. The van der Waals surface area contributed by atoms with Gasteiger partial charge >= 0.3 is 0 Å². The van der Waals surface area contributed by atoms with Crippen molar-refractivity contribution in [1.82, 2.24) is 4.98 Å². The van der Waals surface area contributed by atoms with E-state index in [4.69, 9.17) is 0 Å². The molecule has 0 aromatic carbocycles. The molecule has 0 aliphatic heterocycles. The molecule has 4 nitrogen and oxygen atoms in total. The Morgan fingerprint density at radius 3 is 2.88 bits per heavy atom. The Bertz CT molecular complexity index is 350. The van der Waals surface area contributed by atoms with Crippen LogP contribution < -0.4 is 10.6 Å². The van der Waals surface area contributed by atoms with Crippen molar-refractivity contribution in [3.63, 3.8) is 0 Å². The fourth-order valence-electron chi connectivity index (χ4n) is 1.85. The zero-order valence-corrected chi connectivity index (χ0v) is 9.66. The smallest absolute Gasteiger partial charge is 0.127 e. The van der Waals surface area contributed by atoms with Gasteiger partial charge < -0.3 is 15.7 Å². The molecule has 1 aromatic heterocycles. The van der Waals surface area contributed by atoms with Gasteiger partial charge in [0, 0.05) is 31.0 Å². The number of hydrogen-bond donors (Lipinski definition) is 3. The molecular formula is C12H19N3O. The minimum atomic E-state index is -0.485. The molecule has 1 aromatic rings. The van der Waals surface area contributed by atoms with E-state index in [-0.39, 0.29) is 0 Å². The third-order valence-electron chi connectivity index (χ3n) is 3.02. The van der Waals surface area contributed by atoms with Crippen molar-refractivity contribution < 1.29 is 5.11 Å². The molecule has 1 aliphatic carbocycles. The Morgan fingerprint density at radius 2 is 2.25 bits per heavy atom. The summed E-state index contributed by atoms with van der Waals surface area (Å²) in [6.07, 6.45) is 4.72. The molecule has 0 bridgehead atoms. The predicted octanol–water partition coefficient (Wildman–Crippen LogP) is 1.84. The molecule has 0 amide bonds. The Hall–Kier alpha value is -1.29. The summed E-state index contributed by atoms with van der Waals surface area (Å²) in [4.78, 5) is 4.19. The van der Waals surface area contributed by atoms with Crippen LogP contribution in [0, 0.1) is 0 Å². The number of anilines is 2. The molecule has 88 valence electrons. The van der Waals surface area contributed by atoms with Crippen LogP contribution >= 0.6 is 0 Å². The van der Waals surface area contributed by atoms with E-state index in [2.05, 4.69) is 15.6 Å². The summed E-state index contributed by atoms with van der Waals surface area (Å²) in [5, 5.41) is 16.4. The topological polar surface area (TPSA) is 57.2 Å². The van der Waals surface area contributed by atoms with Crippen LogP contribution in [0.25, 0.3) is 0 Å². The SMILES string of the molecule is CCNc1cc(NCC2(O)CCC2)ccn1. The summed E-state index contributed by atoms with van der Waals surface area (Å²) >= 11 is 0. The summed E-state index contributed by atoms with van der Waals surface area (Å²) in [7, 11) is 0. The van der Waals surface area contributed by atoms with Crippen molar-refractivity contribution in [3.8, 4) is 0 Å². The Kier molecular flexibility index (Phi) is 3.29. The summed E-state index contributed by atoms with van der Waals surface area (Å²) in [5.74, 6) is 0.869. The van der Waals surface area contributed by atoms with Gasteiger partial charge in [-0.1, -0.05) is 0 Å². The lowest BCUT2D eigenvalue weighted by Gasteiger charge is -2.36. The zero-order valence-electron chi connectivity index (χ0n) is 9.66. The predicted molar refractivity (Wildman–Crippen MR) is 65.7 cm³/mol. The van der Waals surface area contributed by atoms with Crippen molar-refractivity contribution in [3.05, 3.63) is 18.3 Å². The first-order chi connectivity index (χ1) is 7.72. The van der Waals surface area contributed by atoms with Crippen LogP contribution in [0.15, 0.2) is 18.3 Å². The first-order valence-corrected chi connectivity index (χ1v) is 5.88. The Labute approximate surface area is 96.1 Å². The maximum Gasteiger partial charge on any atom is 0.127 e. The van der Waals surface area contributed by atoms with Gasteiger partial charge in [0.25, 0.3) is 0 Å². The van der Waals surface area contributed by atoms with E-state index >= 15 is 0 Å². The maximum absolute atomic E-state index is 9.95. The number of rotatable bonds is 5. The van der Waals surface area contributed by atoms with Gasteiger partial charge in [0.2, 0.25) is 0 Å². The second-order valence-electron chi connectivity index (χ2n) is 4.39. The second kappa shape index (κ2) is 4.70. The molecule has 0 unspecified atom stereocenters. The summed E-state index contributed by atoms with van der Waals surface area (Å²) in [6.45, 7) is 3.53. The molecule has 0 saturated heterocycles. The average Bonchev–Trinajstić information content (AvgIpc) is 2.25. The summed E-state index contributed by atoms with van der Waals surface area (Å²) in [6, 6.07) is 3.88. The number of nitrogens with one attached hydrogen (secondary N) is 2. The molecule has 4 heteroatoms. The lowest BCUT2D eigenvalue weighted by atomic mass is 9.80. The van der Waals surface area contributed by atoms with Crippen molar-refractivity contribution in [2.75, 3.05) is 23.7 Å².